The van der Waals surface area contributed by atoms with Crippen LogP contribution in [-0.2, 0) is 14.8 Å². The van der Waals surface area contributed by atoms with E-state index >= 15 is 0 Å². The first-order valence-corrected chi connectivity index (χ1v) is 8.10. The van der Waals surface area contributed by atoms with Gasteiger partial charge in [0.05, 0.1) is 18.1 Å². The van der Waals surface area contributed by atoms with Gasteiger partial charge in [-0.3, -0.25) is 9.59 Å². The second-order valence-corrected chi connectivity index (χ2v) is 6.68. The van der Waals surface area contributed by atoms with E-state index in [4.69, 9.17) is 5.26 Å². The molecule has 0 unspecified atom stereocenters. The largest absolute Gasteiger partial charge is 0.345 e. The van der Waals surface area contributed by atoms with Crippen LogP contribution in [0, 0.1) is 11.3 Å². The Labute approximate surface area is 128 Å². The van der Waals surface area contributed by atoms with Crippen LogP contribution in [0.2, 0.25) is 0 Å². The third-order valence-corrected chi connectivity index (χ3v) is 5.27. The summed E-state index contributed by atoms with van der Waals surface area (Å²) in [6.07, 6.45) is 0.0928. The maximum absolute atomic E-state index is 12.3. The molecule has 0 atom stereocenters. The normalized spacial score (nSPS) is 15.3. The van der Waals surface area contributed by atoms with E-state index in [9.17, 15) is 18.0 Å². The van der Waals surface area contributed by atoms with Crippen LogP contribution in [0.25, 0.3) is 0 Å². The van der Waals surface area contributed by atoms with Crippen LogP contribution in [0.5, 0.6) is 0 Å². The van der Waals surface area contributed by atoms with E-state index in [1.165, 1.54) is 24.1 Å². The predicted octanol–water partition coefficient (Wildman–Crippen LogP) is 0.593. The van der Waals surface area contributed by atoms with Gasteiger partial charge >= 0.3 is 0 Å². The highest BCUT2D eigenvalue weighted by Crippen LogP contribution is 2.29. The molecule has 8 heteroatoms. The summed E-state index contributed by atoms with van der Waals surface area (Å²) in [4.78, 5) is 25.4. The van der Waals surface area contributed by atoms with Gasteiger partial charge in [-0.2, -0.15) is 5.26 Å². The van der Waals surface area contributed by atoms with Gasteiger partial charge in [0.1, 0.15) is 4.90 Å². The molecule has 1 aromatic carbocycles. The number of sulfonamides is 1. The lowest BCUT2D eigenvalue weighted by Gasteiger charge is -2.18. The number of hydrogen-bond acceptors (Lipinski definition) is 5. The van der Waals surface area contributed by atoms with Crippen LogP contribution in [0.1, 0.15) is 23.2 Å². The van der Waals surface area contributed by atoms with Crippen LogP contribution in [0.3, 0.4) is 0 Å². The summed E-state index contributed by atoms with van der Waals surface area (Å²) in [6.45, 7) is 0.0713. The summed E-state index contributed by atoms with van der Waals surface area (Å²) in [5.74, 6) is -0.919. The van der Waals surface area contributed by atoms with Crippen LogP contribution < -0.4 is 0 Å². The van der Waals surface area contributed by atoms with E-state index in [1.54, 1.807) is 12.1 Å². The van der Waals surface area contributed by atoms with Crippen molar-refractivity contribution in [3.63, 3.8) is 0 Å². The summed E-state index contributed by atoms with van der Waals surface area (Å²) >= 11 is 0. The highest BCUT2D eigenvalue weighted by atomic mass is 32.2. The number of carbonyl (C=O) groups is 2. The fourth-order valence-electron chi connectivity index (χ4n) is 2.18. The van der Waals surface area contributed by atoms with Crippen molar-refractivity contribution in [2.45, 2.75) is 17.7 Å². The van der Waals surface area contributed by atoms with Gasteiger partial charge in [0.15, 0.2) is 0 Å². The monoisotopic (exact) mass is 321 g/mol. The minimum atomic E-state index is -3.87. The van der Waals surface area contributed by atoms with Gasteiger partial charge in [-0.05, 0) is 12.1 Å². The maximum Gasteiger partial charge on any atom is 0.269 e. The average molecular weight is 321 g/mol. The van der Waals surface area contributed by atoms with Crippen LogP contribution in [0.4, 0.5) is 0 Å². The average Bonchev–Trinajstić information content (AvgIpc) is 2.70. The van der Waals surface area contributed by atoms with Crippen molar-refractivity contribution >= 4 is 21.8 Å². The SMILES string of the molecule is CN(CCC#N)C(=O)CCN1C(=O)c2ccccc2S1(=O)=O. The molecule has 0 spiro atoms. The smallest absolute Gasteiger partial charge is 0.269 e. The number of amides is 2. The Hall–Kier alpha value is -2.40. The zero-order chi connectivity index (χ0) is 16.3. The Morgan fingerprint density at radius 1 is 1.36 bits per heavy atom. The lowest BCUT2D eigenvalue weighted by atomic mass is 10.2. The van der Waals surface area contributed by atoms with Gasteiger partial charge in [0.2, 0.25) is 5.91 Å². The number of nitriles is 1. The number of fused-ring (bicyclic) bond motifs is 1. The van der Waals surface area contributed by atoms with Crippen molar-refractivity contribution in [1.82, 2.24) is 9.21 Å². The van der Waals surface area contributed by atoms with Crippen molar-refractivity contribution in [2.75, 3.05) is 20.1 Å². The number of carbonyl (C=O) groups excluding carboxylic acids is 2. The molecule has 22 heavy (non-hydrogen) atoms. The quantitative estimate of drug-likeness (QED) is 0.790. The molecule has 2 amide bonds. The zero-order valence-electron chi connectivity index (χ0n) is 12.0. The van der Waals surface area contributed by atoms with Gasteiger partial charge in [-0.15, -0.1) is 0 Å². The molecule has 0 aromatic heterocycles. The molecule has 1 aliphatic heterocycles. The van der Waals surface area contributed by atoms with E-state index in [0.29, 0.717) is 0 Å². The third-order valence-electron chi connectivity index (χ3n) is 3.43. The van der Waals surface area contributed by atoms with Crippen molar-refractivity contribution in [3.05, 3.63) is 29.8 Å². The molecule has 1 aliphatic rings. The molecule has 7 nitrogen and oxygen atoms in total. The Morgan fingerprint density at radius 3 is 2.68 bits per heavy atom. The molecule has 2 rings (SSSR count). The molecule has 0 fully saturated rings. The predicted molar refractivity (Wildman–Crippen MR) is 77.1 cm³/mol. The lowest BCUT2D eigenvalue weighted by Crippen LogP contribution is -2.35. The summed E-state index contributed by atoms with van der Waals surface area (Å²) in [7, 11) is -2.34. The van der Waals surface area contributed by atoms with Crippen molar-refractivity contribution < 1.29 is 18.0 Å². The first-order chi connectivity index (χ1) is 10.4. The molecule has 0 aliphatic carbocycles. The van der Waals surface area contributed by atoms with E-state index in [1.807, 2.05) is 6.07 Å². The van der Waals surface area contributed by atoms with E-state index < -0.39 is 15.9 Å². The third kappa shape index (κ3) is 2.80. The fourth-order valence-corrected chi connectivity index (χ4v) is 3.75. The maximum atomic E-state index is 12.3. The molecule has 116 valence electrons. The molecule has 0 radical (unpaired) electrons. The number of nitrogens with zero attached hydrogens (tertiary/aromatic N) is 3. The van der Waals surface area contributed by atoms with Gasteiger partial charge in [0.25, 0.3) is 15.9 Å². The number of hydrogen-bond donors (Lipinski definition) is 0. The Kier molecular flexibility index (Phi) is 4.47. The number of rotatable bonds is 5. The minimum absolute atomic E-state index is 0.0229. The van der Waals surface area contributed by atoms with Gasteiger partial charge in [-0.1, -0.05) is 12.1 Å². The lowest BCUT2D eigenvalue weighted by molar-refractivity contribution is -0.129. The van der Waals surface area contributed by atoms with Crippen LogP contribution in [0.15, 0.2) is 29.2 Å². The summed E-state index contributed by atoms with van der Waals surface area (Å²) in [6, 6.07) is 7.90. The van der Waals surface area contributed by atoms with Gasteiger partial charge in [0, 0.05) is 26.6 Å². The topological polar surface area (TPSA) is 98.5 Å². The summed E-state index contributed by atoms with van der Waals surface area (Å²) < 4.78 is 25.3. The van der Waals surface area contributed by atoms with E-state index in [0.717, 1.165) is 4.31 Å². The Morgan fingerprint density at radius 2 is 2.05 bits per heavy atom. The van der Waals surface area contributed by atoms with Crippen LogP contribution in [-0.4, -0.2) is 49.6 Å². The first-order valence-electron chi connectivity index (χ1n) is 6.66. The first kappa shape index (κ1) is 16.0. The zero-order valence-corrected chi connectivity index (χ0v) is 12.8. The minimum Gasteiger partial charge on any atom is -0.345 e. The summed E-state index contributed by atoms with van der Waals surface area (Å²) in [5.41, 5.74) is 0.132. The summed E-state index contributed by atoms with van der Waals surface area (Å²) in [5, 5.41) is 8.48. The Balaban J connectivity index is 2.08. The molecule has 1 aromatic rings. The highest BCUT2D eigenvalue weighted by molar-refractivity contribution is 7.90. The van der Waals surface area contributed by atoms with Crippen molar-refractivity contribution in [3.8, 4) is 6.07 Å². The number of benzene rings is 1. The molecule has 0 saturated heterocycles. The second-order valence-electron chi connectivity index (χ2n) is 4.85. The van der Waals surface area contributed by atoms with E-state index in [2.05, 4.69) is 0 Å². The molecule has 0 saturated carbocycles. The molecule has 0 bridgehead atoms. The molecule has 0 N–H and O–H groups in total. The molecular weight excluding hydrogens is 306 g/mol. The fraction of sp³-hybridized carbons (Fsp3) is 0.357. The second kappa shape index (κ2) is 6.15. The van der Waals surface area contributed by atoms with Crippen molar-refractivity contribution in [1.29, 1.82) is 5.26 Å². The van der Waals surface area contributed by atoms with Gasteiger partial charge < -0.3 is 4.90 Å². The standard InChI is InChI=1S/C14H15N3O4S/c1-16(9-4-8-15)13(18)7-10-17-14(19)11-5-2-3-6-12(11)22(17,20)21/h2-3,5-6H,4,7,9-10H2,1H3. The molecular formula is C14H15N3O4S. The molecule has 1 heterocycles. The van der Waals surface area contributed by atoms with Crippen molar-refractivity contribution in [2.24, 2.45) is 0 Å². The Bertz CT molecular complexity index is 752. The van der Waals surface area contributed by atoms with Crippen LogP contribution >= 0.6 is 0 Å². The van der Waals surface area contributed by atoms with Gasteiger partial charge in [-0.25, -0.2) is 12.7 Å². The highest BCUT2D eigenvalue weighted by Gasteiger charge is 2.40. The van der Waals surface area contributed by atoms with E-state index in [-0.39, 0.29) is 42.3 Å².